The number of anilines is 1. The number of hydrogen-bond donors (Lipinski definition) is 0. The number of benzene rings is 1. The Hall–Kier alpha value is -4.01. The van der Waals surface area contributed by atoms with Gasteiger partial charge in [0.05, 0.1) is 17.2 Å². The van der Waals surface area contributed by atoms with Crippen molar-refractivity contribution >= 4 is 22.6 Å². The molecule has 0 spiro atoms. The first kappa shape index (κ1) is 19.9. The molecule has 9 heteroatoms. The van der Waals surface area contributed by atoms with E-state index in [0.717, 1.165) is 11.6 Å². The Labute approximate surface area is 184 Å². The summed E-state index contributed by atoms with van der Waals surface area (Å²) in [7, 11) is 0. The third-order valence-electron chi connectivity index (χ3n) is 5.76. The molecule has 32 heavy (non-hydrogen) atoms. The highest BCUT2D eigenvalue weighted by Crippen LogP contribution is 2.16. The summed E-state index contributed by atoms with van der Waals surface area (Å²) in [5.41, 5.74) is 0.552. The topological polar surface area (TPSA) is 89.2 Å². The fourth-order valence-corrected chi connectivity index (χ4v) is 3.96. The number of hydrogen-bond acceptors (Lipinski definition) is 6. The Bertz CT molecular complexity index is 1290. The molecule has 0 saturated carbocycles. The SMILES string of the molecule is O=C(CCn1cnc2ccccc2c1=O)N1CCN(c2cc(-n3cccc3)ncn2)CC1. The summed E-state index contributed by atoms with van der Waals surface area (Å²) >= 11 is 0. The Kier molecular flexibility index (Phi) is 5.37. The molecule has 4 heterocycles. The second-order valence-electron chi connectivity index (χ2n) is 7.70. The number of carbonyl (C=O) groups is 1. The Morgan fingerprint density at radius 3 is 2.47 bits per heavy atom. The van der Waals surface area contributed by atoms with Crippen LogP contribution in [0.3, 0.4) is 0 Å². The van der Waals surface area contributed by atoms with Crippen molar-refractivity contribution in [2.75, 3.05) is 31.1 Å². The average molecular weight is 429 g/mol. The minimum absolute atomic E-state index is 0.0421. The van der Waals surface area contributed by atoms with Crippen LogP contribution in [0.25, 0.3) is 16.7 Å². The zero-order valence-corrected chi connectivity index (χ0v) is 17.5. The number of rotatable bonds is 5. The monoisotopic (exact) mass is 429 g/mol. The van der Waals surface area contributed by atoms with Crippen molar-refractivity contribution in [3.8, 4) is 5.82 Å². The fourth-order valence-electron chi connectivity index (χ4n) is 3.96. The van der Waals surface area contributed by atoms with E-state index in [1.807, 2.05) is 58.3 Å². The van der Waals surface area contributed by atoms with E-state index >= 15 is 0 Å². The normalized spacial score (nSPS) is 14.1. The lowest BCUT2D eigenvalue weighted by Gasteiger charge is -2.35. The molecule has 0 atom stereocenters. The standard InChI is InChI=1S/C23H23N7O2/c31-22(7-10-30-17-26-19-6-2-1-5-18(19)23(30)32)29-13-11-28(12-14-29)21-15-20(24-16-25-21)27-8-3-4-9-27/h1-6,8-9,15-17H,7,10-14H2. The van der Waals surface area contributed by atoms with Crippen LogP contribution in [-0.4, -0.2) is 61.1 Å². The number of nitrogens with zero attached hydrogens (tertiary/aromatic N) is 7. The highest BCUT2D eigenvalue weighted by molar-refractivity contribution is 5.77. The van der Waals surface area contributed by atoms with Crippen molar-refractivity contribution < 1.29 is 4.79 Å². The van der Waals surface area contributed by atoms with Gasteiger partial charge in [-0.25, -0.2) is 15.0 Å². The van der Waals surface area contributed by atoms with Crippen LogP contribution in [0.1, 0.15) is 6.42 Å². The number of carbonyl (C=O) groups excluding carboxylic acids is 1. The van der Waals surface area contributed by atoms with Gasteiger partial charge in [-0.2, -0.15) is 0 Å². The van der Waals surface area contributed by atoms with E-state index in [1.165, 1.54) is 10.9 Å². The molecule has 5 rings (SSSR count). The summed E-state index contributed by atoms with van der Waals surface area (Å²) < 4.78 is 3.45. The van der Waals surface area contributed by atoms with E-state index in [0.29, 0.717) is 43.6 Å². The lowest BCUT2D eigenvalue weighted by Crippen LogP contribution is -2.49. The van der Waals surface area contributed by atoms with Crippen molar-refractivity contribution in [2.45, 2.75) is 13.0 Å². The van der Waals surface area contributed by atoms with E-state index < -0.39 is 0 Å². The minimum Gasteiger partial charge on any atom is -0.353 e. The number of piperazine rings is 1. The van der Waals surface area contributed by atoms with Crippen LogP contribution in [-0.2, 0) is 11.3 Å². The molecule has 1 fully saturated rings. The van der Waals surface area contributed by atoms with E-state index in [4.69, 9.17) is 0 Å². The van der Waals surface area contributed by atoms with Crippen molar-refractivity contribution in [2.24, 2.45) is 0 Å². The molecule has 1 aliphatic rings. The third-order valence-corrected chi connectivity index (χ3v) is 5.76. The first-order valence-electron chi connectivity index (χ1n) is 10.6. The van der Waals surface area contributed by atoms with E-state index in [-0.39, 0.29) is 17.9 Å². The molecule has 1 amide bonds. The molecule has 9 nitrogen and oxygen atoms in total. The summed E-state index contributed by atoms with van der Waals surface area (Å²) in [5, 5.41) is 0.570. The lowest BCUT2D eigenvalue weighted by molar-refractivity contribution is -0.131. The molecule has 0 radical (unpaired) electrons. The van der Waals surface area contributed by atoms with Gasteiger partial charge in [0.15, 0.2) is 0 Å². The van der Waals surface area contributed by atoms with Gasteiger partial charge in [-0.3, -0.25) is 14.2 Å². The van der Waals surface area contributed by atoms with E-state index in [1.54, 1.807) is 12.4 Å². The zero-order chi connectivity index (χ0) is 21.9. The summed E-state index contributed by atoms with van der Waals surface area (Å²) in [5.74, 6) is 1.71. The van der Waals surface area contributed by atoms with Crippen molar-refractivity contribution in [1.29, 1.82) is 0 Å². The maximum Gasteiger partial charge on any atom is 0.261 e. The Balaban J connectivity index is 1.19. The van der Waals surface area contributed by atoms with Crippen LogP contribution >= 0.6 is 0 Å². The van der Waals surface area contributed by atoms with Gasteiger partial charge in [-0.15, -0.1) is 0 Å². The van der Waals surface area contributed by atoms with E-state index in [9.17, 15) is 9.59 Å². The molecule has 1 aromatic carbocycles. The quantitative estimate of drug-likeness (QED) is 0.480. The fraction of sp³-hybridized carbons (Fsp3) is 0.261. The van der Waals surface area contributed by atoms with Crippen LogP contribution in [0.2, 0.25) is 0 Å². The van der Waals surface area contributed by atoms with Crippen LogP contribution in [0.5, 0.6) is 0 Å². The predicted molar refractivity (Wildman–Crippen MR) is 121 cm³/mol. The summed E-state index contributed by atoms with van der Waals surface area (Å²) in [4.78, 5) is 42.4. The Morgan fingerprint density at radius 1 is 0.906 bits per heavy atom. The maximum atomic E-state index is 12.7. The first-order chi connectivity index (χ1) is 15.7. The number of fused-ring (bicyclic) bond motifs is 1. The van der Waals surface area contributed by atoms with Gasteiger partial charge < -0.3 is 14.4 Å². The predicted octanol–water partition coefficient (Wildman–Crippen LogP) is 1.72. The Morgan fingerprint density at radius 2 is 1.66 bits per heavy atom. The zero-order valence-electron chi connectivity index (χ0n) is 17.5. The molecule has 0 aliphatic carbocycles. The van der Waals surface area contributed by atoms with Crippen LogP contribution in [0.15, 0.2) is 72.3 Å². The lowest BCUT2D eigenvalue weighted by atomic mass is 10.2. The van der Waals surface area contributed by atoms with Crippen LogP contribution in [0.4, 0.5) is 5.82 Å². The van der Waals surface area contributed by atoms with Crippen molar-refractivity contribution in [1.82, 2.24) is 29.0 Å². The third kappa shape index (κ3) is 3.96. The van der Waals surface area contributed by atoms with Gasteiger partial charge >= 0.3 is 0 Å². The van der Waals surface area contributed by atoms with Crippen molar-refractivity contribution in [3.63, 3.8) is 0 Å². The molecule has 1 aliphatic heterocycles. The first-order valence-corrected chi connectivity index (χ1v) is 10.6. The van der Waals surface area contributed by atoms with Crippen molar-refractivity contribution in [3.05, 3.63) is 77.9 Å². The molecule has 162 valence electrons. The molecule has 0 bridgehead atoms. The highest BCUT2D eigenvalue weighted by Gasteiger charge is 2.22. The van der Waals surface area contributed by atoms with Crippen LogP contribution in [0, 0.1) is 0 Å². The van der Waals surface area contributed by atoms with Gasteiger partial charge in [0.2, 0.25) is 5.91 Å². The summed E-state index contributed by atoms with van der Waals surface area (Å²) in [6.45, 7) is 2.96. The van der Waals surface area contributed by atoms with Gasteiger partial charge in [0, 0.05) is 57.6 Å². The molecule has 0 N–H and O–H groups in total. The van der Waals surface area contributed by atoms with Gasteiger partial charge in [-0.05, 0) is 24.3 Å². The van der Waals surface area contributed by atoms with Crippen LogP contribution < -0.4 is 10.5 Å². The van der Waals surface area contributed by atoms with Gasteiger partial charge in [0.25, 0.3) is 5.56 Å². The molecule has 1 saturated heterocycles. The van der Waals surface area contributed by atoms with Gasteiger partial charge in [-0.1, -0.05) is 12.1 Å². The molecule has 3 aromatic heterocycles. The molecular weight excluding hydrogens is 406 g/mol. The number of para-hydroxylation sites is 1. The number of aryl methyl sites for hydroxylation is 1. The second kappa shape index (κ2) is 8.62. The minimum atomic E-state index is -0.115. The van der Waals surface area contributed by atoms with E-state index in [2.05, 4.69) is 19.9 Å². The smallest absolute Gasteiger partial charge is 0.261 e. The molecule has 0 unspecified atom stereocenters. The number of amides is 1. The number of aromatic nitrogens is 5. The summed E-state index contributed by atoms with van der Waals surface area (Å²) in [6, 6.07) is 13.1. The second-order valence-corrected chi connectivity index (χ2v) is 7.70. The maximum absolute atomic E-state index is 12.7. The largest absolute Gasteiger partial charge is 0.353 e. The average Bonchev–Trinajstić information content (AvgIpc) is 3.39. The van der Waals surface area contributed by atoms with Gasteiger partial charge in [0.1, 0.15) is 18.0 Å². The highest BCUT2D eigenvalue weighted by atomic mass is 16.2. The molecular formula is C23H23N7O2. The molecule has 4 aromatic rings. The summed E-state index contributed by atoms with van der Waals surface area (Å²) in [6.07, 6.45) is 7.24.